The lowest BCUT2D eigenvalue weighted by molar-refractivity contribution is 0.102. The zero-order valence-electron chi connectivity index (χ0n) is 15.0. The number of amides is 1. The van der Waals surface area contributed by atoms with E-state index in [1.807, 2.05) is 25.1 Å². The third-order valence-electron chi connectivity index (χ3n) is 4.52. The average Bonchev–Trinajstić information content (AvgIpc) is 3.01. The van der Waals surface area contributed by atoms with E-state index in [0.717, 1.165) is 16.8 Å². The van der Waals surface area contributed by atoms with Crippen LogP contribution in [0.15, 0.2) is 54.6 Å². The van der Waals surface area contributed by atoms with E-state index in [1.54, 1.807) is 34.9 Å². The first-order valence-corrected chi connectivity index (χ1v) is 10.1. The Balaban J connectivity index is 1.77. The van der Waals surface area contributed by atoms with Gasteiger partial charge in [0.25, 0.3) is 5.91 Å². The van der Waals surface area contributed by atoms with E-state index < -0.39 is 0 Å². The second-order valence-electron chi connectivity index (χ2n) is 6.38. The fourth-order valence-corrected chi connectivity index (χ4v) is 3.88. The van der Waals surface area contributed by atoms with Crippen molar-refractivity contribution >= 4 is 69.0 Å². The number of halogens is 4. The highest BCUT2D eigenvalue weighted by atomic mass is 35.5. The lowest BCUT2D eigenvalue weighted by atomic mass is 10.2. The molecule has 4 aromatic rings. The number of imidazole rings is 1. The molecule has 0 aliphatic rings. The molecule has 1 aromatic heterocycles. The Bertz CT molecular complexity index is 1270. The molecule has 0 radical (unpaired) electrons. The van der Waals surface area contributed by atoms with Crippen molar-refractivity contribution in [2.75, 3.05) is 5.32 Å². The van der Waals surface area contributed by atoms with E-state index in [-0.39, 0.29) is 11.5 Å². The van der Waals surface area contributed by atoms with Crippen molar-refractivity contribution in [1.29, 1.82) is 0 Å². The highest BCUT2D eigenvalue weighted by Crippen LogP contribution is 2.31. The molecule has 0 fully saturated rings. The van der Waals surface area contributed by atoms with Crippen LogP contribution in [0.3, 0.4) is 0 Å². The number of carbonyl (C=O) groups is 1. The molecule has 29 heavy (non-hydrogen) atoms. The average molecular weight is 465 g/mol. The topological polar surface area (TPSA) is 46.9 Å². The standard InChI is InChI=1S/C21H13Cl4N3O/c1-11-15(23)3-2-4-18(11)28-19-10-13(6-8-17(19)27-21(28)25)26-20(29)14-9-12(22)5-7-16(14)24/h2-10H,1H3,(H,26,29). The number of nitrogens with zero attached hydrogens (tertiary/aromatic N) is 2. The van der Waals surface area contributed by atoms with Gasteiger partial charge in [0.15, 0.2) is 0 Å². The van der Waals surface area contributed by atoms with Gasteiger partial charge in [-0.15, -0.1) is 0 Å². The molecule has 0 aliphatic carbocycles. The summed E-state index contributed by atoms with van der Waals surface area (Å²) < 4.78 is 1.79. The van der Waals surface area contributed by atoms with Gasteiger partial charge in [0.05, 0.1) is 27.3 Å². The van der Waals surface area contributed by atoms with E-state index >= 15 is 0 Å². The molecular weight excluding hydrogens is 452 g/mol. The minimum Gasteiger partial charge on any atom is -0.322 e. The summed E-state index contributed by atoms with van der Waals surface area (Å²) in [4.78, 5) is 17.1. The molecule has 0 spiro atoms. The lowest BCUT2D eigenvalue weighted by Gasteiger charge is -2.12. The number of rotatable bonds is 3. The van der Waals surface area contributed by atoms with Gasteiger partial charge >= 0.3 is 0 Å². The van der Waals surface area contributed by atoms with Crippen molar-refractivity contribution in [3.8, 4) is 5.69 Å². The molecule has 0 atom stereocenters. The summed E-state index contributed by atoms with van der Waals surface area (Å²) in [5.41, 5.74) is 3.96. The van der Waals surface area contributed by atoms with Crippen LogP contribution in [0.5, 0.6) is 0 Å². The summed E-state index contributed by atoms with van der Waals surface area (Å²) in [6.45, 7) is 1.91. The molecule has 0 unspecified atom stereocenters. The van der Waals surface area contributed by atoms with Gasteiger partial charge in [-0.3, -0.25) is 9.36 Å². The molecule has 1 N–H and O–H groups in total. The molecule has 4 nitrogen and oxygen atoms in total. The summed E-state index contributed by atoms with van der Waals surface area (Å²) in [5, 5.41) is 4.51. The monoisotopic (exact) mass is 463 g/mol. The van der Waals surface area contributed by atoms with Crippen LogP contribution in [-0.4, -0.2) is 15.5 Å². The number of nitrogens with one attached hydrogen (secondary N) is 1. The van der Waals surface area contributed by atoms with E-state index in [1.165, 1.54) is 6.07 Å². The maximum atomic E-state index is 12.7. The Morgan fingerprint density at radius 2 is 1.76 bits per heavy atom. The number of anilines is 1. The van der Waals surface area contributed by atoms with Crippen LogP contribution >= 0.6 is 46.4 Å². The van der Waals surface area contributed by atoms with Crippen molar-refractivity contribution in [2.24, 2.45) is 0 Å². The molecule has 4 rings (SSSR count). The SMILES string of the molecule is Cc1c(Cl)cccc1-n1c(Cl)nc2ccc(NC(=O)c3cc(Cl)ccc3Cl)cc21. The van der Waals surface area contributed by atoms with Gasteiger partial charge in [0, 0.05) is 15.7 Å². The number of benzene rings is 3. The van der Waals surface area contributed by atoms with E-state index in [2.05, 4.69) is 10.3 Å². The largest absolute Gasteiger partial charge is 0.322 e. The zero-order valence-corrected chi connectivity index (χ0v) is 18.0. The van der Waals surface area contributed by atoms with Crippen LogP contribution in [0.4, 0.5) is 5.69 Å². The summed E-state index contributed by atoms with van der Waals surface area (Å²) in [6.07, 6.45) is 0. The predicted molar refractivity (Wildman–Crippen MR) is 120 cm³/mol. The Hall–Kier alpha value is -2.24. The number of carbonyl (C=O) groups excluding carboxylic acids is 1. The number of aromatic nitrogens is 2. The van der Waals surface area contributed by atoms with Gasteiger partial charge in [-0.2, -0.15) is 0 Å². The Morgan fingerprint density at radius 3 is 2.55 bits per heavy atom. The molecule has 0 aliphatic heterocycles. The third-order valence-corrected chi connectivity index (χ3v) is 5.75. The number of fused-ring (bicyclic) bond motifs is 1. The smallest absolute Gasteiger partial charge is 0.257 e. The molecule has 8 heteroatoms. The highest BCUT2D eigenvalue weighted by Gasteiger charge is 2.16. The third kappa shape index (κ3) is 3.81. The van der Waals surface area contributed by atoms with Gasteiger partial charge in [0.2, 0.25) is 5.28 Å². The Morgan fingerprint density at radius 1 is 0.966 bits per heavy atom. The first-order valence-electron chi connectivity index (χ1n) is 8.55. The number of hydrogen-bond acceptors (Lipinski definition) is 2. The summed E-state index contributed by atoms with van der Waals surface area (Å²) in [6, 6.07) is 15.6. The molecule has 3 aromatic carbocycles. The molecule has 146 valence electrons. The van der Waals surface area contributed by atoms with Crippen LogP contribution in [0.1, 0.15) is 15.9 Å². The lowest BCUT2D eigenvalue weighted by Crippen LogP contribution is -2.12. The molecule has 1 heterocycles. The van der Waals surface area contributed by atoms with E-state index in [0.29, 0.717) is 31.6 Å². The normalized spacial score (nSPS) is 11.1. The highest BCUT2D eigenvalue weighted by molar-refractivity contribution is 6.36. The Labute approximate surface area is 187 Å². The first-order chi connectivity index (χ1) is 13.8. The first kappa shape index (κ1) is 20.0. The van der Waals surface area contributed by atoms with Gasteiger partial charge in [-0.25, -0.2) is 4.98 Å². The second kappa shape index (κ2) is 7.88. The van der Waals surface area contributed by atoms with Gasteiger partial charge in [0.1, 0.15) is 0 Å². The number of hydrogen-bond donors (Lipinski definition) is 1. The maximum Gasteiger partial charge on any atom is 0.257 e. The Kier molecular flexibility index (Phi) is 5.45. The van der Waals surface area contributed by atoms with Crippen molar-refractivity contribution < 1.29 is 4.79 Å². The van der Waals surface area contributed by atoms with Crippen molar-refractivity contribution in [3.63, 3.8) is 0 Å². The fraction of sp³-hybridized carbons (Fsp3) is 0.0476. The van der Waals surface area contributed by atoms with Crippen molar-refractivity contribution in [1.82, 2.24) is 9.55 Å². The molecule has 0 saturated heterocycles. The quantitative estimate of drug-likeness (QED) is 0.348. The molecule has 1 amide bonds. The maximum absolute atomic E-state index is 12.7. The molecule has 0 saturated carbocycles. The van der Waals surface area contributed by atoms with Crippen LogP contribution < -0.4 is 5.32 Å². The minimum absolute atomic E-state index is 0.288. The minimum atomic E-state index is -0.368. The van der Waals surface area contributed by atoms with Crippen molar-refractivity contribution in [2.45, 2.75) is 6.92 Å². The fourth-order valence-electron chi connectivity index (χ4n) is 3.06. The zero-order chi connectivity index (χ0) is 20.7. The predicted octanol–water partition coefficient (Wildman–Crippen LogP) is 7.20. The van der Waals surface area contributed by atoms with Crippen LogP contribution in [0.25, 0.3) is 16.7 Å². The van der Waals surface area contributed by atoms with Gasteiger partial charge in [-0.1, -0.05) is 40.9 Å². The van der Waals surface area contributed by atoms with Crippen LogP contribution in [-0.2, 0) is 0 Å². The van der Waals surface area contributed by atoms with Crippen LogP contribution in [0.2, 0.25) is 20.4 Å². The molecular formula is C21H13Cl4N3O. The van der Waals surface area contributed by atoms with E-state index in [9.17, 15) is 4.79 Å². The van der Waals surface area contributed by atoms with Crippen molar-refractivity contribution in [3.05, 3.63) is 86.1 Å². The summed E-state index contributed by atoms with van der Waals surface area (Å²) in [5.74, 6) is -0.368. The molecule has 0 bridgehead atoms. The van der Waals surface area contributed by atoms with Gasteiger partial charge in [-0.05, 0) is 72.6 Å². The van der Waals surface area contributed by atoms with E-state index in [4.69, 9.17) is 46.4 Å². The summed E-state index contributed by atoms with van der Waals surface area (Å²) in [7, 11) is 0. The summed E-state index contributed by atoms with van der Waals surface area (Å²) >= 11 is 24.8. The van der Waals surface area contributed by atoms with Crippen LogP contribution in [0, 0.1) is 6.92 Å². The van der Waals surface area contributed by atoms with Gasteiger partial charge < -0.3 is 5.32 Å². The second-order valence-corrected chi connectivity index (χ2v) is 7.97.